The number of nitrogens with one attached hydrogen (secondary N) is 2. The van der Waals surface area contributed by atoms with Gasteiger partial charge in [-0.3, -0.25) is 9.78 Å². The molecule has 7 nitrogen and oxygen atoms in total. The second kappa shape index (κ2) is 5.72. The maximum atomic E-state index is 11.9. The Hall–Kier alpha value is -2.06. The van der Waals surface area contributed by atoms with E-state index in [0.29, 0.717) is 11.6 Å². The van der Waals surface area contributed by atoms with Gasteiger partial charge in [0.2, 0.25) is 0 Å². The molecule has 98 valence electrons. The van der Waals surface area contributed by atoms with Crippen LogP contribution in [0.1, 0.15) is 16.2 Å². The van der Waals surface area contributed by atoms with E-state index in [1.54, 1.807) is 6.07 Å². The summed E-state index contributed by atoms with van der Waals surface area (Å²) in [5.74, 6) is 5.56. The molecule has 0 bridgehead atoms. The van der Waals surface area contributed by atoms with E-state index in [4.69, 9.17) is 5.84 Å². The van der Waals surface area contributed by atoms with Gasteiger partial charge in [-0.15, -0.1) is 0 Å². The predicted molar refractivity (Wildman–Crippen MR) is 74.5 cm³/mol. The third kappa shape index (κ3) is 3.24. The Morgan fingerprint density at radius 2 is 2.05 bits per heavy atom. The lowest BCUT2D eigenvalue weighted by Gasteiger charge is -2.06. The number of carbonyl (C=O) groups excluding carboxylic acids is 1. The fraction of sp³-hybridized carbons (Fsp3) is 0.0909. The Morgan fingerprint density at radius 1 is 1.26 bits per heavy atom. The van der Waals surface area contributed by atoms with Crippen molar-refractivity contribution in [3.63, 3.8) is 0 Å². The standard InChI is InChI=1S/C11H11BrN6O/c1-6-7(12)2-3-9(15-6)17-11(19)8-4-14-5-10(16-8)18-13/h2-5H,13H2,1H3,(H,16,18)(H,15,17,19). The van der Waals surface area contributed by atoms with Crippen molar-refractivity contribution >= 4 is 33.5 Å². The Bertz CT molecular complexity index is 618. The summed E-state index contributed by atoms with van der Waals surface area (Å²) in [6, 6.07) is 3.49. The maximum Gasteiger partial charge on any atom is 0.277 e. The van der Waals surface area contributed by atoms with E-state index in [2.05, 4.69) is 41.6 Å². The molecule has 0 atom stereocenters. The molecule has 0 aliphatic carbocycles. The van der Waals surface area contributed by atoms with E-state index in [1.165, 1.54) is 12.4 Å². The van der Waals surface area contributed by atoms with Crippen molar-refractivity contribution in [3.05, 3.63) is 40.4 Å². The first-order valence-electron chi connectivity index (χ1n) is 5.33. The van der Waals surface area contributed by atoms with Crippen LogP contribution in [-0.4, -0.2) is 20.9 Å². The van der Waals surface area contributed by atoms with Gasteiger partial charge in [-0.1, -0.05) is 0 Å². The van der Waals surface area contributed by atoms with Crippen LogP contribution < -0.4 is 16.6 Å². The third-order valence-electron chi connectivity index (χ3n) is 2.28. The number of aromatic nitrogens is 3. The summed E-state index contributed by atoms with van der Waals surface area (Å²) in [6.07, 6.45) is 2.76. The van der Waals surface area contributed by atoms with Gasteiger partial charge in [0.15, 0.2) is 5.82 Å². The molecule has 0 fully saturated rings. The molecule has 0 saturated carbocycles. The van der Waals surface area contributed by atoms with Crippen LogP contribution in [0.4, 0.5) is 11.6 Å². The van der Waals surface area contributed by atoms with E-state index in [0.717, 1.165) is 10.2 Å². The van der Waals surface area contributed by atoms with Crippen molar-refractivity contribution in [2.24, 2.45) is 5.84 Å². The van der Waals surface area contributed by atoms with Gasteiger partial charge in [0.1, 0.15) is 11.5 Å². The molecule has 0 unspecified atom stereocenters. The molecule has 2 aromatic rings. The second-order valence-electron chi connectivity index (χ2n) is 3.65. The number of pyridine rings is 1. The highest BCUT2D eigenvalue weighted by Crippen LogP contribution is 2.16. The summed E-state index contributed by atoms with van der Waals surface area (Å²) >= 11 is 3.34. The molecule has 0 aliphatic rings. The quantitative estimate of drug-likeness (QED) is 0.583. The molecular weight excluding hydrogens is 312 g/mol. The SMILES string of the molecule is Cc1nc(NC(=O)c2cncc(NN)n2)ccc1Br. The molecule has 8 heteroatoms. The van der Waals surface area contributed by atoms with Gasteiger partial charge < -0.3 is 10.7 Å². The minimum Gasteiger partial charge on any atom is -0.307 e. The van der Waals surface area contributed by atoms with E-state index in [1.807, 2.05) is 13.0 Å². The van der Waals surface area contributed by atoms with Gasteiger partial charge in [0, 0.05) is 4.47 Å². The number of aryl methyl sites for hydroxylation is 1. The first kappa shape index (κ1) is 13.4. The third-order valence-corrected chi connectivity index (χ3v) is 3.12. The minimum absolute atomic E-state index is 0.151. The number of halogens is 1. The largest absolute Gasteiger partial charge is 0.307 e. The normalized spacial score (nSPS) is 10.1. The van der Waals surface area contributed by atoms with Crippen molar-refractivity contribution in [1.29, 1.82) is 0 Å². The van der Waals surface area contributed by atoms with Gasteiger partial charge in [-0.25, -0.2) is 15.8 Å². The summed E-state index contributed by atoms with van der Waals surface area (Å²) in [7, 11) is 0. The Kier molecular flexibility index (Phi) is 4.03. The van der Waals surface area contributed by atoms with Gasteiger partial charge >= 0.3 is 0 Å². The van der Waals surface area contributed by atoms with E-state index < -0.39 is 5.91 Å². The van der Waals surface area contributed by atoms with Crippen LogP contribution in [0.15, 0.2) is 29.0 Å². The highest BCUT2D eigenvalue weighted by atomic mass is 79.9. The van der Waals surface area contributed by atoms with Crippen molar-refractivity contribution in [1.82, 2.24) is 15.0 Å². The number of rotatable bonds is 3. The van der Waals surface area contributed by atoms with Gasteiger partial charge in [0.25, 0.3) is 5.91 Å². The molecule has 0 radical (unpaired) electrons. The topological polar surface area (TPSA) is 106 Å². The molecule has 2 heterocycles. The summed E-state index contributed by atoms with van der Waals surface area (Å²) in [5, 5.41) is 2.64. The average molecular weight is 323 g/mol. The molecule has 2 rings (SSSR count). The Morgan fingerprint density at radius 3 is 2.74 bits per heavy atom. The number of anilines is 2. The molecule has 2 aromatic heterocycles. The first-order valence-corrected chi connectivity index (χ1v) is 6.12. The number of hydrogen-bond acceptors (Lipinski definition) is 6. The monoisotopic (exact) mass is 322 g/mol. The van der Waals surface area contributed by atoms with Crippen LogP contribution in [0.25, 0.3) is 0 Å². The average Bonchev–Trinajstić information content (AvgIpc) is 2.43. The summed E-state index contributed by atoms with van der Waals surface area (Å²) in [5.41, 5.74) is 3.26. The Labute approximate surface area is 117 Å². The molecule has 0 saturated heterocycles. The van der Waals surface area contributed by atoms with Crippen molar-refractivity contribution in [3.8, 4) is 0 Å². The molecule has 0 aromatic carbocycles. The predicted octanol–water partition coefficient (Wildman–Crippen LogP) is 1.48. The lowest BCUT2D eigenvalue weighted by atomic mass is 10.3. The number of carbonyl (C=O) groups is 1. The molecule has 0 aliphatic heterocycles. The lowest BCUT2D eigenvalue weighted by molar-refractivity contribution is 0.102. The number of hydrazine groups is 1. The number of amides is 1. The highest BCUT2D eigenvalue weighted by molar-refractivity contribution is 9.10. The van der Waals surface area contributed by atoms with Crippen LogP contribution in [-0.2, 0) is 0 Å². The number of nitrogens with zero attached hydrogens (tertiary/aromatic N) is 3. The van der Waals surface area contributed by atoms with E-state index >= 15 is 0 Å². The highest BCUT2D eigenvalue weighted by Gasteiger charge is 2.10. The summed E-state index contributed by atoms with van der Waals surface area (Å²) in [4.78, 5) is 24.0. The smallest absolute Gasteiger partial charge is 0.277 e. The number of nitrogen functional groups attached to an aromatic ring is 1. The Balaban J connectivity index is 2.18. The zero-order valence-corrected chi connectivity index (χ0v) is 11.6. The maximum absolute atomic E-state index is 11.9. The summed E-state index contributed by atoms with van der Waals surface area (Å²) in [6.45, 7) is 1.83. The van der Waals surface area contributed by atoms with Crippen LogP contribution in [0, 0.1) is 6.92 Å². The van der Waals surface area contributed by atoms with Crippen molar-refractivity contribution < 1.29 is 4.79 Å². The van der Waals surface area contributed by atoms with Gasteiger partial charge in [-0.05, 0) is 35.0 Å². The molecule has 19 heavy (non-hydrogen) atoms. The fourth-order valence-corrected chi connectivity index (χ4v) is 1.56. The van der Waals surface area contributed by atoms with Crippen LogP contribution in [0.3, 0.4) is 0 Å². The van der Waals surface area contributed by atoms with Crippen molar-refractivity contribution in [2.45, 2.75) is 6.92 Å². The molecular formula is C11H11BrN6O. The first-order chi connectivity index (χ1) is 9.10. The van der Waals surface area contributed by atoms with E-state index in [-0.39, 0.29) is 5.69 Å². The minimum atomic E-state index is -0.404. The molecule has 0 spiro atoms. The van der Waals surface area contributed by atoms with Gasteiger partial charge in [-0.2, -0.15) is 0 Å². The number of nitrogens with two attached hydrogens (primary N) is 1. The second-order valence-corrected chi connectivity index (χ2v) is 4.51. The zero-order chi connectivity index (χ0) is 13.8. The van der Waals surface area contributed by atoms with E-state index in [9.17, 15) is 4.79 Å². The fourth-order valence-electron chi connectivity index (χ4n) is 1.34. The lowest BCUT2D eigenvalue weighted by Crippen LogP contribution is -2.17. The van der Waals surface area contributed by atoms with Crippen LogP contribution >= 0.6 is 15.9 Å². The zero-order valence-electron chi connectivity index (χ0n) is 10.0. The molecule has 4 N–H and O–H groups in total. The molecule has 1 amide bonds. The van der Waals surface area contributed by atoms with Gasteiger partial charge in [0.05, 0.1) is 18.1 Å². The summed E-state index contributed by atoms with van der Waals surface area (Å²) < 4.78 is 0.875. The van der Waals surface area contributed by atoms with Crippen LogP contribution in [0.2, 0.25) is 0 Å². The van der Waals surface area contributed by atoms with Crippen LogP contribution in [0.5, 0.6) is 0 Å². The van der Waals surface area contributed by atoms with Crippen molar-refractivity contribution in [2.75, 3.05) is 10.7 Å². The number of hydrogen-bond donors (Lipinski definition) is 3.